The summed E-state index contributed by atoms with van der Waals surface area (Å²) in [6.07, 6.45) is -8.11. The van der Waals surface area contributed by atoms with Crippen molar-refractivity contribution in [3.05, 3.63) is 29.3 Å². The average molecular weight is 412 g/mol. The predicted molar refractivity (Wildman–Crippen MR) is 100 cm³/mol. The van der Waals surface area contributed by atoms with E-state index in [1.165, 1.54) is 0 Å². The monoisotopic (exact) mass is 412 g/mol. The van der Waals surface area contributed by atoms with E-state index in [4.69, 9.17) is 14.2 Å². The highest BCUT2D eigenvalue weighted by atomic mass is 16.7. The summed E-state index contributed by atoms with van der Waals surface area (Å²) in [5.41, 5.74) is 1.53. The Labute approximate surface area is 168 Å². The van der Waals surface area contributed by atoms with Gasteiger partial charge < -0.3 is 34.6 Å². The van der Waals surface area contributed by atoms with Gasteiger partial charge in [0, 0.05) is 0 Å². The first kappa shape index (κ1) is 23.2. The fraction of sp³-hybridized carbons (Fsp3) is 0.600. The minimum Gasteiger partial charge on any atom is -0.454 e. The maximum atomic E-state index is 12.3. The summed E-state index contributed by atoms with van der Waals surface area (Å²) in [6, 6.07) is 5.47. The van der Waals surface area contributed by atoms with Gasteiger partial charge >= 0.3 is 11.9 Å². The van der Waals surface area contributed by atoms with E-state index in [9.17, 15) is 30.0 Å². The van der Waals surface area contributed by atoms with Gasteiger partial charge in [0.25, 0.3) is 0 Å². The van der Waals surface area contributed by atoms with Gasteiger partial charge in [-0.2, -0.15) is 0 Å². The van der Waals surface area contributed by atoms with Gasteiger partial charge in [-0.1, -0.05) is 45.9 Å². The topological polar surface area (TPSA) is 143 Å². The van der Waals surface area contributed by atoms with Gasteiger partial charge in [-0.25, -0.2) is 9.59 Å². The summed E-state index contributed by atoms with van der Waals surface area (Å²) in [5, 5.41) is 38.4. The molecule has 0 aromatic heterocycles. The molecule has 1 saturated heterocycles. The van der Waals surface area contributed by atoms with Crippen LogP contribution in [0, 0.1) is 0 Å². The molecular formula is C20H28O9. The third-order valence-corrected chi connectivity index (χ3v) is 4.75. The molecule has 0 bridgehead atoms. The van der Waals surface area contributed by atoms with Crippen LogP contribution in [0.15, 0.2) is 18.2 Å². The lowest BCUT2D eigenvalue weighted by Crippen LogP contribution is -2.58. The third kappa shape index (κ3) is 5.31. The van der Waals surface area contributed by atoms with Crippen LogP contribution in [0.2, 0.25) is 0 Å². The van der Waals surface area contributed by atoms with Gasteiger partial charge in [0.1, 0.15) is 36.8 Å². The molecule has 1 aliphatic rings. The van der Waals surface area contributed by atoms with Crippen LogP contribution < -0.4 is 4.74 Å². The van der Waals surface area contributed by atoms with E-state index < -0.39 is 49.3 Å². The quantitative estimate of drug-likeness (QED) is 0.303. The fourth-order valence-electron chi connectivity index (χ4n) is 3.02. The average Bonchev–Trinajstić information content (AvgIpc) is 2.67. The molecule has 9 heteroatoms. The standard InChI is InChI=1S/C20H28O9/c1-9(2)11-6-5-7-12(10(3)4)17(11)29-20(26)19(25)27-8-13-14(21)15(22)16(23)18(24)28-13/h5-7,9-10,13-16,18,21-24H,8H2,1-4H3/t13-,14-,15+,16-,18-/m0/s1. The van der Waals surface area contributed by atoms with Crippen molar-refractivity contribution in [3.8, 4) is 5.75 Å². The molecule has 1 heterocycles. The van der Waals surface area contributed by atoms with Crippen molar-refractivity contribution in [2.24, 2.45) is 0 Å². The second kappa shape index (κ2) is 9.64. The Morgan fingerprint density at radius 1 is 0.931 bits per heavy atom. The summed E-state index contributed by atoms with van der Waals surface area (Å²) in [4.78, 5) is 24.3. The Morgan fingerprint density at radius 2 is 1.48 bits per heavy atom. The fourth-order valence-corrected chi connectivity index (χ4v) is 3.02. The first-order chi connectivity index (χ1) is 13.5. The molecule has 0 saturated carbocycles. The Bertz CT molecular complexity index is 704. The van der Waals surface area contributed by atoms with E-state index in [1.807, 2.05) is 45.9 Å². The van der Waals surface area contributed by atoms with Gasteiger partial charge in [-0.3, -0.25) is 0 Å². The Morgan fingerprint density at radius 3 is 2.00 bits per heavy atom. The van der Waals surface area contributed by atoms with Gasteiger partial charge in [0.15, 0.2) is 6.29 Å². The number of hydrogen-bond acceptors (Lipinski definition) is 9. The third-order valence-electron chi connectivity index (χ3n) is 4.75. The van der Waals surface area contributed by atoms with Gasteiger partial charge in [0.2, 0.25) is 0 Å². The zero-order valence-electron chi connectivity index (χ0n) is 16.8. The lowest BCUT2D eigenvalue weighted by atomic mass is 9.94. The SMILES string of the molecule is CC(C)c1cccc(C(C)C)c1OC(=O)C(=O)OC[C@@H]1O[C@H](O)[C@@H](O)[C@H](O)[C@H]1O. The Kier molecular flexibility index (Phi) is 7.73. The molecule has 0 unspecified atom stereocenters. The van der Waals surface area contributed by atoms with Crippen molar-refractivity contribution >= 4 is 11.9 Å². The lowest BCUT2D eigenvalue weighted by Gasteiger charge is -2.37. The second-order valence-corrected chi connectivity index (χ2v) is 7.60. The molecule has 1 aliphatic heterocycles. The van der Waals surface area contributed by atoms with Crippen LogP contribution in [0.25, 0.3) is 0 Å². The molecule has 2 rings (SSSR count). The Balaban J connectivity index is 2.06. The highest BCUT2D eigenvalue weighted by molar-refractivity contribution is 6.30. The number of rotatable bonds is 5. The summed E-state index contributed by atoms with van der Waals surface area (Å²) in [5.74, 6) is -2.15. The summed E-state index contributed by atoms with van der Waals surface area (Å²) in [6.45, 7) is 7.10. The molecule has 0 aliphatic carbocycles. The molecule has 0 spiro atoms. The molecular weight excluding hydrogens is 384 g/mol. The molecule has 9 nitrogen and oxygen atoms in total. The molecule has 162 valence electrons. The number of para-hydroxylation sites is 1. The van der Waals surface area contributed by atoms with Crippen LogP contribution in [0.3, 0.4) is 0 Å². The van der Waals surface area contributed by atoms with E-state index in [0.29, 0.717) is 5.75 Å². The van der Waals surface area contributed by atoms with Crippen LogP contribution >= 0.6 is 0 Å². The van der Waals surface area contributed by atoms with Gasteiger partial charge in [0.05, 0.1) is 0 Å². The maximum absolute atomic E-state index is 12.3. The highest BCUT2D eigenvalue weighted by Gasteiger charge is 2.43. The van der Waals surface area contributed by atoms with Crippen molar-refractivity contribution in [2.45, 2.75) is 70.2 Å². The Hall–Kier alpha value is -2.04. The van der Waals surface area contributed by atoms with Gasteiger partial charge in [-0.15, -0.1) is 0 Å². The van der Waals surface area contributed by atoms with Gasteiger partial charge in [-0.05, 0) is 23.0 Å². The minimum absolute atomic E-state index is 0.0488. The number of esters is 2. The molecule has 29 heavy (non-hydrogen) atoms. The maximum Gasteiger partial charge on any atom is 0.422 e. The van der Waals surface area contributed by atoms with Crippen molar-refractivity contribution < 1.29 is 44.2 Å². The summed E-state index contributed by atoms with van der Waals surface area (Å²) in [7, 11) is 0. The van der Waals surface area contributed by atoms with Crippen molar-refractivity contribution in [1.29, 1.82) is 0 Å². The predicted octanol–water partition coefficient (Wildman–Crippen LogP) is 0.182. The molecule has 5 atom stereocenters. The van der Waals surface area contributed by atoms with Crippen LogP contribution in [0.1, 0.15) is 50.7 Å². The largest absolute Gasteiger partial charge is 0.454 e. The number of ether oxygens (including phenoxy) is 3. The smallest absolute Gasteiger partial charge is 0.422 e. The minimum atomic E-state index is -1.77. The number of benzene rings is 1. The van der Waals surface area contributed by atoms with E-state index >= 15 is 0 Å². The molecule has 1 fully saturated rings. The number of carbonyl (C=O) groups is 2. The van der Waals surface area contributed by atoms with E-state index in [0.717, 1.165) is 11.1 Å². The number of hydrogen-bond donors (Lipinski definition) is 4. The van der Waals surface area contributed by atoms with Crippen LogP contribution in [0.5, 0.6) is 5.75 Å². The normalized spacial score (nSPS) is 27.2. The number of aliphatic hydroxyl groups excluding tert-OH is 4. The van der Waals surface area contributed by atoms with Crippen molar-refractivity contribution in [1.82, 2.24) is 0 Å². The molecule has 1 aromatic carbocycles. The molecule has 4 N–H and O–H groups in total. The summed E-state index contributed by atoms with van der Waals surface area (Å²) < 4.78 is 15.0. The van der Waals surface area contributed by atoms with E-state index in [-0.39, 0.29) is 11.8 Å². The zero-order chi connectivity index (χ0) is 21.9. The molecule has 0 amide bonds. The first-order valence-electron chi connectivity index (χ1n) is 9.44. The number of carbonyl (C=O) groups excluding carboxylic acids is 2. The van der Waals surface area contributed by atoms with E-state index in [2.05, 4.69) is 0 Å². The lowest BCUT2D eigenvalue weighted by molar-refractivity contribution is -0.287. The molecule has 0 radical (unpaired) electrons. The van der Waals surface area contributed by atoms with Crippen LogP contribution in [0.4, 0.5) is 0 Å². The van der Waals surface area contributed by atoms with Crippen LogP contribution in [-0.2, 0) is 19.1 Å². The summed E-state index contributed by atoms with van der Waals surface area (Å²) >= 11 is 0. The van der Waals surface area contributed by atoms with Crippen LogP contribution in [-0.4, -0.2) is 69.7 Å². The molecule has 1 aromatic rings. The second-order valence-electron chi connectivity index (χ2n) is 7.60. The first-order valence-corrected chi connectivity index (χ1v) is 9.44. The number of aliphatic hydroxyl groups is 4. The van der Waals surface area contributed by atoms with E-state index in [1.54, 1.807) is 0 Å². The van der Waals surface area contributed by atoms with Crippen molar-refractivity contribution in [3.63, 3.8) is 0 Å². The highest BCUT2D eigenvalue weighted by Crippen LogP contribution is 2.34. The zero-order valence-corrected chi connectivity index (χ0v) is 16.8. The van der Waals surface area contributed by atoms with Crippen molar-refractivity contribution in [2.75, 3.05) is 6.61 Å².